The van der Waals surface area contributed by atoms with E-state index >= 15 is 0 Å². The summed E-state index contributed by atoms with van der Waals surface area (Å²) in [6.07, 6.45) is -0.523. The summed E-state index contributed by atoms with van der Waals surface area (Å²) < 4.78 is 42.8. The van der Waals surface area contributed by atoms with Crippen LogP contribution >= 0.6 is 11.6 Å². The Hall–Kier alpha value is -3.53. The van der Waals surface area contributed by atoms with Crippen molar-refractivity contribution in [2.75, 3.05) is 18.8 Å². The zero-order chi connectivity index (χ0) is 28.1. The van der Waals surface area contributed by atoms with E-state index in [1.165, 1.54) is 23.0 Å². The second-order valence-electron chi connectivity index (χ2n) is 10.2. The molecule has 5 N–H and O–H groups in total. The summed E-state index contributed by atoms with van der Waals surface area (Å²) in [5, 5.41) is 18.8. The highest BCUT2D eigenvalue weighted by atomic mass is 35.5. The molecule has 1 amide bonds. The number of nitrogens with zero attached hydrogens (tertiary/aromatic N) is 5. The van der Waals surface area contributed by atoms with Crippen molar-refractivity contribution in [1.29, 1.82) is 0 Å². The monoisotopic (exact) mass is 561 g/mol. The average Bonchev–Trinajstić information content (AvgIpc) is 3.56. The Morgan fingerprint density at radius 3 is 2.77 bits per heavy atom. The van der Waals surface area contributed by atoms with Crippen molar-refractivity contribution >= 4 is 23.3 Å². The van der Waals surface area contributed by atoms with Crippen LogP contribution < -0.4 is 11.5 Å². The third-order valence-corrected chi connectivity index (χ3v) is 7.99. The number of nitrogens with two attached hydrogens (primary N) is 2. The first-order chi connectivity index (χ1) is 18.4. The summed E-state index contributed by atoms with van der Waals surface area (Å²) in [7, 11) is 0. The van der Waals surface area contributed by atoms with Gasteiger partial charge < -0.3 is 21.5 Å². The number of alkyl halides is 3. The lowest BCUT2D eigenvalue weighted by Crippen LogP contribution is -2.42. The zero-order valence-corrected chi connectivity index (χ0v) is 21.8. The lowest BCUT2D eigenvalue weighted by atomic mass is 9.65. The number of likely N-dealkylation sites (tertiary alicyclic amines) is 1. The van der Waals surface area contributed by atoms with E-state index in [2.05, 4.69) is 22.0 Å². The second kappa shape index (κ2) is 9.89. The first-order valence-electron chi connectivity index (χ1n) is 12.3. The Morgan fingerprint density at radius 1 is 1.36 bits per heavy atom. The van der Waals surface area contributed by atoms with Gasteiger partial charge >= 0.3 is 6.18 Å². The maximum atomic E-state index is 13.2. The van der Waals surface area contributed by atoms with Crippen molar-refractivity contribution in [2.45, 2.75) is 51.2 Å². The molecule has 206 valence electrons. The van der Waals surface area contributed by atoms with Gasteiger partial charge in [0, 0.05) is 24.8 Å². The van der Waals surface area contributed by atoms with Crippen LogP contribution in [0.15, 0.2) is 30.6 Å². The number of halogens is 4. The molecule has 1 unspecified atom stereocenters. The van der Waals surface area contributed by atoms with Gasteiger partial charge in [0.1, 0.15) is 17.7 Å². The molecule has 0 radical (unpaired) electrons. The molecule has 1 saturated heterocycles. The van der Waals surface area contributed by atoms with E-state index in [0.29, 0.717) is 24.3 Å². The molecule has 1 aliphatic carbocycles. The standard InChI is InChI=1S/C26H27ClF3N7O2/c1-2-4-19(38)35-8-7-25(14-35)9-17(10-25)37-23(31)20(24(32)39)22(34-37)16-11-33-36(13-16)12-15-5-3-6-18(21(15)27)26(28,29)30/h3,5-6,11,13,17,24,39H,7-10,12,14,31-32H2,1H3/t17-,24?,25-. The molecule has 9 nitrogen and oxygen atoms in total. The maximum absolute atomic E-state index is 13.2. The smallest absolute Gasteiger partial charge is 0.384 e. The zero-order valence-electron chi connectivity index (χ0n) is 21.0. The van der Waals surface area contributed by atoms with E-state index in [4.69, 9.17) is 23.1 Å². The highest BCUT2D eigenvalue weighted by Crippen LogP contribution is 2.55. The third kappa shape index (κ3) is 4.97. The van der Waals surface area contributed by atoms with E-state index in [9.17, 15) is 23.1 Å². The van der Waals surface area contributed by atoms with Crippen LogP contribution in [0.2, 0.25) is 5.02 Å². The van der Waals surface area contributed by atoms with Gasteiger partial charge in [-0.15, -0.1) is 0 Å². The van der Waals surface area contributed by atoms with Crippen molar-refractivity contribution in [1.82, 2.24) is 24.5 Å². The molecule has 1 atom stereocenters. The van der Waals surface area contributed by atoms with Gasteiger partial charge in [0.2, 0.25) is 0 Å². The van der Waals surface area contributed by atoms with Crippen LogP contribution in [0.4, 0.5) is 19.0 Å². The Balaban J connectivity index is 1.36. The fourth-order valence-corrected chi connectivity index (χ4v) is 5.94. The fraction of sp³-hybridized carbons (Fsp3) is 0.423. The van der Waals surface area contributed by atoms with Gasteiger partial charge in [0.15, 0.2) is 0 Å². The highest BCUT2D eigenvalue weighted by Gasteiger charge is 2.51. The number of rotatable bonds is 5. The summed E-state index contributed by atoms with van der Waals surface area (Å²) >= 11 is 6.04. The SMILES string of the molecule is CC#CC(=O)N1CC[C@]2(C1)C[C@H](n1nc(-c3cnn(Cc4cccc(C(F)(F)F)c4Cl)c3)c(C(N)O)c1N)C2. The Morgan fingerprint density at radius 2 is 2.10 bits per heavy atom. The number of anilines is 1. The minimum Gasteiger partial charge on any atom is -0.384 e. The van der Waals surface area contributed by atoms with Crippen molar-refractivity contribution in [3.05, 3.63) is 52.3 Å². The van der Waals surface area contributed by atoms with E-state index in [0.717, 1.165) is 25.3 Å². The molecule has 2 aliphatic rings. The minimum absolute atomic E-state index is 0.0117. The number of carbonyl (C=O) groups is 1. The predicted molar refractivity (Wildman–Crippen MR) is 138 cm³/mol. The summed E-state index contributed by atoms with van der Waals surface area (Å²) in [4.78, 5) is 13.9. The number of nitrogen functional groups attached to an aromatic ring is 1. The van der Waals surface area contributed by atoms with Gasteiger partial charge in [-0.1, -0.05) is 29.7 Å². The van der Waals surface area contributed by atoms with E-state index in [-0.39, 0.29) is 45.9 Å². The molecule has 5 rings (SSSR count). The van der Waals surface area contributed by atoms with Crippen LogP contribution in [0, 0.1) is 17.3 Å². The maximum Gasteiger partial charge on any atom is 0.417 e. The summed E-state index contributed by atoms with van der Waals surface area (Å²) in [6, 6.07) is 3.68. The van der Waals surface area contributed by atoms with Crippen molar-refractivity contribution in [3.63, 3.8) is 0 Å². The van der Waals surface area contributed by atoms with Crippen LogP contribution in [0.1, 0.15) is 55.1 Å². The number of carbonyl (C=O) groups excluding carboxylic acids is 1. The molecular weight excluding hydrogens is 535 g/mol. The van der Waals surface area contributed by atoms with E-state index in [1.807, 2.05) is 0 Å². The van der Waals surface area contributed by atoms with Gasteiger partial charge in [-0.25, -0.2) is 4.68 Å². The molecular formula is C26H27ClF3N7O2. The summed E-state index contributed by atoms with van der Waals surface area (Å²) in [5.41, 5.74) is 12.6. The number of aliphatic hydroxyl groups is 1. The van der Waals surface area contributed by atoms with Crippen LogP contribution in [0.25, 0.3) is 11.3 Å². The topological polar surface area (TPSA) is 128 Å². The number of benzene rings is 1. The number of hydrogen-bond donors (Lipinski definition) is 3. The first kappa shape index (κ1) is 27.1. The molecule has 1 aromatic carbocycles. The van der Waals surface area contributed by atoms with Gasteiger partial charge in [0.05, 0.1) is 34.9 Å². The Labute approximate surface area is 227 Å². The summed E-state index contributed by atoms with van der Waals surface area (Å²) in [6.45, 7) is 2.90. The van der Waals surface area contributed by atoms with Crippen LogP contribution in [-0.2, 0) is 17.5 Å². The number of hydrogen-bond acceptors (Lipinski definition) is 6. The Bertz CT molecular complexity index is 1480. The Kier molecular flexibility index (Phi) is 6.86. The highest BCUT2D eigenvalue weighted by molar-refractivity contribution is 6.32. The molecule has 2 aromatic heterocycles. The molecule has 1 aliphatic heterocycles. The molecule has 3 aromatic rings. The van der Waals surface area contributed by atoms with E-state index < -0.39 is 18.0 Å². The fourth-order valence-electron chi connectivity index (χ4n) is 5.65. The molecule has 2 fully saturated rings. The molecule has 1 spiro atoms. The lowest BCUT2D eigenvalue weighted by molar-refractivity contribution is -0.137. The molecule has 1 saturated carbocycles. The van der Waals surface area contributed by atoms with Gasteiger partial charge in [-0.3, -0.25) is 9.48 Å². The number of aliphatic hydroxyl groups excluding tert-OH is 1. The van der Waals surface area contributed by atoms with Crippen LogP contribution in [0.3, 0.4) is 0 Å². The molecule has 3 heterocycles. The van der Waals surface area contributed by atoms with Crippen molar-refractivity contribution < 1.29 is 23.1 Å². The average molecular weight is 562 g/mol. The second-order valence-corrected chi connectivity index (χ2v) is 10.5. The van der Waals surface area contributed by atoms with Gasteiger partial charge in [-0.05, 0) is 49.2 Å². The molecule has 39 heavy (non-hydrogen) atoms. The number of aromatic nitrogens is 4. The van der Waals surface area contributed by atoms with Crippen molar-refractivity contribution in [3.8, 4) is 23.1 Å². The minimum atomic E-state index is -4.57. The van der Waals surface area contributed by atoms with Crippen LogP contribution in [-0.4, -0.2) is 48.6 Å². The normalized spacial score (nSPS) is 21.5. The largest absolute Gasteiger partial charge is 0.417 e. The van der Waals surface area contributed by atoms with Gasteiger partial charge in [0.25, 0.3) is 5.91 Å². The third-order valence-electron chi connectivity index (χ3n) is 7.55. The van der Waals surface area contributed by atoms with Crippen molar-refractivity contribution in [2.24, 2.45) is 11.1 Å². The molecule has 0 bridgehead atoms. The molecule has 13 heteroatoms. The van der Waals surface area contributed by atoms with Gasteiger partial charge in [-0.2, -0.15) is 23.4 Å². The number of amides is 1. The lowest BCUT2D eigenvalue weighted by Gasteiger charge is -2.45. The van der Waals surface area contributed by atoms with Crippen LogP contribution in [0.5, 0.6) is 0 Å². The summed E-state index contributed by atoms with van der Waals surface area (Å²) in [5.74, 6) is 5.30. The quantitative estimate of drug-likeness (QED) is 0.323. The first-order valence-corrected chi connectivity index (χ1v) is 12.7. The predicted octanol–water partition coefficient (Wildman–Crippen LogP) is 3.58. The van der Waals surface area contributed by atoms with E-state index in [1.54, 1.807) is 22.7 Å².